The van der Waals surface area contributed by atoms with Crippen molar-refractivity contribution in [2.75, 3.05) is 38.2 Å². The molecule has 0 amide bonds. The molecule has 0 spiro atoms. The van der Waals surface area contributed by atoms with Gasteiger partial charge in [0.2, 0.25) is 5.43 Å². The molecular formula is C20H19FN4O3S. The summed E-state index contributed by atoms with van der Waals surface area (Å²) in [4.78, 5) is 27.8. The predicted molar refractivity (Wildman–Crippen MR) is 108 cm³/mol. The van der Waals surface area contributed by atoms with Crippen molar-refractivity contribution in [3.63, 3.8) is 0 Å². The molecule has 0 radical (unpaired) electrons. The van der Waals surface area contributed by atoms with Crippen LogP contribution < -0.4 is 20.4 Å². The van der Waals surface area contributed by atoms with Gasteiger partial charge < -0.3 is 19.5 Å². The van der Waals surface area contributed by atoms with Crippen LogP contribution in [0.1, 0.15) is 29.2 Å². The second kappa shape index (κ2) is 6.75. The molecule has 1 saturated carbocycles. The summed E-state index contributed by atoms with van der Waals surface area (Å²) < 4.78 is 22.9. The SMILES string of the molecule is COc1c(N2CCNCC2)c(F)cc2c(=O)c3c(n(C4CC4)c12)SC(C#N)C3=O. The number of hydrogen-bond acceptors (Lipinski definition) is 7. The summed E-state index contributed by atoms with van der Waals surface area (Å²) in [5, 5.41) is 12.3. The number of carbonyl (C=O) groups is 1. The number of aromatic nitrogens is 1. The monoisotopic (exact) mass is 414 g/mol. The summed E-state index contributed by atoms with van der Waals surface area (Å²) in [6.45, 7) is 2.71. The third-order valence-electron chi connectivity index (χ3n) is 5.71. The topological polar surface area (TPSA) is 87.4 Å². The number of rotatable bonds is 3. The predicted octanol–water partition coefficient (Wildman–Crippen LogP) is 2.07. The van der Waals surface area contributed by atoms with Crippen LogP contribution in [0.15, 0.2) is 15.9 Å². The number of pyridine rings is 1. The molecule has 9 heteroatoms. The van der Waals surface area contributed by atoms with Crippen molar-refractivity contribution in [1.82, 2.24) is 9.88 Å². The van der Waals surface area contributed by atoms with E-state index in [-0.39, 0.29) is 17.0 Å². The highest BCUT2D eigenvalue weighted by atomic mass is 32.2. The van der Waals surface area contributed by atoms with Crippen LogP contribution in [0.4, 0.5) is 10.1 Å². The molecule has 2 aliphatic heterocycles. The van der Waals surface area contributed by atoms with Crippen LogP contribution in [-0.2, 0) is 0 Å². The number of Topliss-reactive ketones (excluding diaryl/α,β-unsaturated/α-hetero) is 1. The van der Waals surface area contributed by atoms with Gasteiger partial charge in [-0.15, -0.1) is 0 Å². The lowest BCUT2D eigenvalue weighted by Gasteiger charge is -2.31. The molecule has 1 N–H and O–H groups in total. The largest absolute Gasteiger partial charge is 0.492 e. The molecule has 2 aromatic rings. The zero-order valence-corrected chi connectivity index (χ0v) is 16.6. The van der Waals surface area contributed by atoms with Gasteiger partial charge in [-0.2, -0.15) is 5.26 Å². The van der Waals surface area contributed by atoms with Gasteiger partial charge in [-0.05, 0) is 18.9 Å². The number of methoxy groups -OCH3 is 1. The quantitative estimate of drug-likeness (QED) is 0.823. The van der Waals surface area contributed by atoms with Crippen LogP contribution in [0.3, 0.4) is 0 Å². The molecule has 29 heavy (non-hydrogen) atoms. The van der Waals surface area contributed by atoms with Gasteiger partial charge in [0.15, 0.2) is 22.6 Å². The molecule has 3 heterocycles. The first-order valence-electron chi connectivity index (χ1n) is 9.61. The van der Waals surface area contributed by atoms with E-state index in [0.717, 1.165) is 37.7 Å². The van der Waals surface area contributed by atoms with Crippen molar-refractivity contribution in [2.45, 2.75) is 29.2 Å². The fourth-order valence-electron chi connectivity index (χ4n) is 4.24. The maximum atomic E-state index is 15.2. The van der Waals surface area contributed by atoms with Crippen LogP contribution in [0.25, 0.3) is 10.9 Å². The number of ether oxygens (including phenoxy) is 1. The standard InChI is InChI=1S/C20H19FN4O3S/c1-28-19-15-11(8-12(21)16(19)24-6-4-23-5-7-24)17(26)14-18(27)13(9-22)29-20(14)25(15)10-2-3-10/h8,10,13,23H,2-7H2,1H3. The van der Waals surface area contributed by atoms with E-state index in [0.29, 0.717) is 35.1 Å². The number of fused-ring (bicyclic) bond motifs is 2. The average Bonchev–Trinajstić information content (AvgIpc) is 3.51. The van der Waals surface area contributed by atoms with Crippen LogP contribution >= 0.6 is 11.8 Å². The molecular weight excluding hydrogens is 395 g/mol. The number of halogens is 1. The molecule has 1 aromatic carbocycles. The van der Waals surface area contributed by atoms with E-state index in [1.54, 1.807) is 0 Å². The van der Waals surface area contributed by atoms with E-state index < -0.39 is 22.3 Å². The van der Waals surface area contributed by atoms with Crippen molar-refractivity contribution in [2.24, 2.45) is 0 Å². The van der Waals surface area contributed by atoms with E-state index in [9.17, 15) is 14.9 Å². The first-order chi connectivity index (χ1) is 14.1. The van der Waals surface area contributed by atoms with E-state index in [2.05, 4.69) is 5.32 Å². The van der Waals surface area contributed by atoms with Crippen LogP contribution in [0, 0.1) is 17.1 Å². The highest BCUT2D eigenvalue weighted by Crippen LogP contribution is 2.49. The van der Waals surface area contributed by atoms with Gasteiger partial charge in [-0.25, -0.2) is 4.39 Å². The minimum Gasteiger partial charge on any atom is -0.492 e. The Balaban J connectivity index is 1.87. The van der Waals surface area contributed by atoms with Crippen LogP contribution in [0.5, 0.6) is 5.75 Å². The maximum Gasteiger partial charge on any atom is 0.201 e. The molecule has 0 bridgehead atoms. The number of ketones is 1. The minimum absolute atomic E-state index is 0.0114. The van der Waals surface area contributed by atoms with E-state index in [1.165, 1.54) is 13.2 Å². The lowest BCUT2D eigenvalue weighted by Crippen LogP contribution is -2.44. The Bertz CT molecular complexity index is 1150. The van der Waals surface area contributed by atoms with Crippen LogP contribution in [-0.4, -0.2) is 48.9 Å². The summed E-state index contributed by atoms with van der Waals surface area (Å²) >= 11 is 1.11. The summed E-state index contributed by atoms with van der Waals surface area (Å²) in [5.74, 6) is -0.702. The van der Waals surface area contributed by atoms with E-state index >= 15 is 4.39 Å². The average molecular weight is 414 g/mol. The highest BCUT2D eigenvalue weighted by Gasteiger charge is 2.41. The second-order valence-corrected chi connectivity index (χ2v) is 8.57. The molecule has 5 rings (SSSR count). The zero-order valence-electron chi connectivity index (χ0n) is 15.8. The van der Waals surface area contributed by atoms with E-state index in [1.807, 2.05) is 15.5 Å². The Kier molecular flexibility index (Phi) is 4.29. The summed E-state index contributed by atoms with van der Waals surface area (Å²) in [7, 11) is 1.48. The van der Waals surface area contributed by atoms with Gasteiger partial charge in [-0.1, -0.05) is 11.8 Å². The third-order valence-corrected chi connectivity index (χ3v) is 6.89. The number of carbonyl (C=O) groups excluding carboxylic acids is 1. The van der Waals surface area contributed by atoms with Gasteiger partial charge >= 0.3 is 0 Å². The van der Waals surface area contributed by atoms with Gasteiger partial charge in [0.25, 0.3) is 0 Å². The smallest absolute Gasteiger partial charge is 0.201 e. The lowest BCUT2D eigenvalue weighted by atomic mass is 10.0. The Labute approximate surface area is 170 Å². The Morgan fingerprint density at radius 2 is 2.03 bits per heavy atom. The summed E-state index contributed by atoms with van der Waals surface area (Å²) in [6, 6.07) is 3.31. The van der Waals surface area contributed by atoms with Gasteiger partial charge in [0.05, 0.1) is 34.7 Å². The number of piperazine rings is 1. The third kappa shape index (κ3) is 2.66. The molecule has 1 saturated heterocycles. The fraction of sp³-hybridized carbons (Fsp3) is 0.450. The fourth-order valence-corrected chi connectivity index (χ4v) is 5.41. The van der Waals surface area contributed by atoms with Crippen molar-refractivity contribution in [3.05, 3.63) is 27.7 Å². The van der Waals surface area contributed by atoms with Gasteiger partial charge in [0, 0.05) is 32.2 Å². The second-order valence-electron chi connectivity index (χ2n) is 7.48. The van der Waals surface area contributed by atoms with Crippen molar-refractivity contribution >= 4 is 34.1 Å². The van der Waals surface area contributed by atoms with Crippen molar-refractivity contribution in [1.29, 1.82) is 5.26 Å². The number of thioether (sulfide) groups is 1. The molecule has 3 aliphatic rings. The van der Waals surface area contributed by atoms with Gasteiger partial charge in [-0.3, -0.25) is 9.59 Å². The highest BCUT2D eigenvalue weighted by molar-refractivity contribution is 8.01. The number of nitriles is 1. The minimum atomic E-state index is -0.942. The Morgan fingerprint density at radius 1 is 1.31 bits per heavy atom. The molecule has 2 fully saturated rings. The molecule has 150 valence electrons. The molecule has 1 atom stereocenters. The molecule has 1 aliphatic carbocycles. The van der Waals surface area contributed by atoms with Crippen molar-refractivity contribution in [3.8, 4) is 11.8 Å². The normalized spacial score (nSPS) is 21.3. The van der Waals surface area contributed by atoms with E-state index in [4.69, 9.17) is 4.74 Å². The first kappa shape index (κ1) is 18.5. The zero-order chi connectivity index (χ0) is 20.3. The number of nitrogens with zero attached hydrogens (tertiary/aromatic N) is 3. The Hall–Kier alpha value is -2.57. The van der Waals surface area contributed by atoms with Crippen molar-refractivity contribution < 1.29 is 13.9 Å². The number of nitrogens with one attached hydrogen (secondary N) is 1. The number of benzene rings is 1. The first-order valence-corrected chi connectivity index (χ1v) is 10.5. The van der Waals surface area contributed by atoms with Gasteiger partial charge in [0.1, 0.15) is 5.69 Å². The number of anilines is 1. The number of hydrogen-bond donors (Lipinski definition) is 1. The summed E-state index contributed by atoms with van der Waals surface area (Å²) in [6.07, 6.45) is 1.81. The Morgan fingerprint density at radius 3 is 2.66 bits per heavy atom. The summed E-state index contributed by atoms with van der Waals surface area (Å²) in [5.41, 5.74) is 0.359. The molecule has 1 unspecified atom stereocenters. The lowest BCUT2D eigenvalue weighted by molar-refractivity contribution is 0.100. The van der Waals surface area contributed by atoms with Crippen LogP contribution in [0.2, 0.25) is 0 Å². The maximum absolute atomic E-state index is 15.2. The molecule has 1 aromatic heterocycles. The molecule has 7 nitrogen and oxygen atoms in total.